The highest BCUT2D eigenvalue weighted by Crippen LogP contribution is 2.36. The summed E-state index contributed by atoms with van der Waals surface area (Å²) in [5, 5.41) is 0. The Balaban J connectivity index is 1.90. The molecule has 1 heterocycles. The van der Waals surface area contributed by atoms with E-state index < -0.39 is 10.0 Å². The van der Waals surface area contributed by atoms with E-state index in [1.54, 1.807) is 23.1 Å². The van der Waals surface area contributed by atoms with Gasteiger partial charge in [-0.15, -0.1) is 0 Å². The summed E-state index contributed by atoms with van der Waals surface area (Å²) in [6, 6.07) is 9.48. The molecule has 0 N–H and O–H groups in total. The zero-order chi connectivity index (χ0) is 22.8. The highest BCUT2D eigenvalue weighted by Gasteiger charge is 2.29. The van der Waals surface area contributed by atoms with Crippen LogP contribution < -0.4 is 18.7 Å². The SMILES string of the molecule is COc1cc(C(=O)N2CCN(c3ccccc3F)CC2)c(N(C)S(C)(=O)=O)cc1OC. The molecule has 0 unspecified atom stereocenters. The number of anilines is 2. The Bertz CT molecular complexity index is 1070. The Morgan fingerprint density at radius 2 is 1.61 bits per heavy atom. The van der Waals surface area contributed by atoms with Crippen molar-refractivity contribution in [1.29, 1.82) is 0 Å². The molecule has 1 saturated heterocycles. The summed E-state index contributed by atoms with van der Waals surface area (Å²) < 4.78 is 50.0. The number of carbonyl (C=O) groups excluding carboxylic acids is 1. The maximum Gasteiger partial charge on any atom is 0.256 e. The van der Waals surface area contributed by atoms with Crippen LogP contribution in [0.5, 0.6) is 11.5 Å². The first kappa shape index (κ1) is 22.7. The van der Waals surface area contributed by atoms with E-state index in [-0.39, 0.29) is 23.0 Å². The molecule has 3 rings (SSSR count). The van der Waals surface area contributed by atoms with Crippen LogP contribution in [0.1, 0.15) is 10.4 Å². The van der Waals surface area contributed by atoms with Gasteiger partial charge in [-0.25, -0.2) is 12.8 Å². The lowest BCUT2D eigenvalue weighted by atomic mass is 10.1. The number of methoxy groups -OCH3 is 2. The molecule has 0 saturated carbocycles. The number of rotatable bonds is 6. The van der Waals surface area contributed by atoms with Crippen LogP contribution in [0.3, 0.4) is 0 Å². The largest absolute Gasteiger partial charge is 0.493 e. The van der Waals surface area contributed by atoms with Gasteiger partial charge in [0.1, 0.15) is 5.82 Å². The monoisotopic (exact) mass is 451 g/mol. The molecule has 10 heteroatoms. The molecule has 0 spiro atoms. The Hall–Kier alpha value is -3.01. The van der Waals surface area contributed by atoms with Gasteiger partial charge in [-0.3, -0.25) is 9.10 Å². The quantitative estimate of drug-likeness (QED) is 0.670. The van der Waals surface area contributed by atoms with Gasteiger partial charge in [0.05, 0.1) is 37.4 Å². The number of benzene rings is 2. The second-order valence-corrected chi connectivity index (χ2v) is 9.20. The van der Waals surface area contributed by atoms with Crippen LogP contribution >= 0.6 is 0 Å². The number of carbonyl (C=O) groups is 1. The lowest BCUT2D eigenvalue weighted by molar-refractivity contribution is 0.0747. The van der Waals surface area contributed by atoms with E-state index in [9.17, 15) is 17.6 Å². The zero-order valence-corrected chi connectivity index (χ0v) is 18.8. The van der Waals surface area contributed by atoms with Crippen LogP contribution in [-0.4, -0.2) is 72.9 Å². The molecule has 1 amide bonds. The smallest absolute Gasteiger partial charge is 0.256 e. The molecule has 0 radical (unpaired) electrons. The molecule has 31 heavy (non-hydrogen) atoms. The first-order valence-corrected chi connectivity index (χ1v) is 11.5. The lowest BCUT2D eigenvalue weighted by Crippen LogP contribution is -2.49. The number of sulfonamides is 1. The summed E-state index contributed by atoms with van der Waals surface area (Å²) in [6.45, 7) is 1.64. The third-order valence-corrected chi connectivity index (χ3v) is 6.52. The third kappa shape index (κ3) is 4.68. The highest BCUT2D eigenvalue weighted by atomic mass is 32.2. The van der Waals surface area contributed by atoms with E-state index in [4.69, 9.17) is 9.47 Å². The van der Waals surface area contributed by atoms with E-state index in [1.807, 2.05) is 4.90 Å². The molecular weight excluding hydrogens is 425 g/mol. The second-order valence-electron chi connectivity index (χ2n) is 7.19. The molecule has 2 aromatic rings. The number of piperazine rings is 1. The van der Waals surface area contributed by atoms with Crippen molar-refractivity contribution in [2.45, 2.75) is 0 Å². The average molecular weight is 452 g/mol. The summed E-state index contributed by atoms with van der Waals surface area (Å²) in [7, 11) is 0.638. The molecule has 1 aliphatic rings. The van der Waals surface area contributed by atoms with Gasteiger partial charge in [0, 0.05) is 39.3 Å². The summed E-state index contributed by atoms with van der Waals surface area (Å²) in [5.74, 6) is -0.00529. The van der Waals surface area contributed by atoms with Crippen molar-refractivity contribution in [3.8, 4) is 11.5 Å². The Kier molecular flexibility index (Phi) is 6.59. The fraction of sp³-hybridized carbons (Fsp3) is 0.381. The molecule has 1 aliphatic heterocycles. The topological polar surface area (TPSA) is 79.4 Å². The van der Waals surface area contributed by atoms with Crippen molar-refractivity contribution < 1.29 is 27.1 Å². The van der Waals surface area contributed by atoms with Gasteiger partial charge in [0.2, 0.25) is 10.0 Å². The molecule has 1 fully saturated rings. The van der Waals surface area contributed by atoms with Crippen LogP contribution in [0.25, 0.3) is 0 Å². The fourth-order valence-corrected chi connectivity index (χ4v) is 4.02. The highest BCUT2D eigenvalue weighted by molar-refractivity contribution is 7.92. The fourth-order valence-electron chi connectivity index (χ4n) is 3.51. The summed E-state index contributed by atoms with van der Waals surface area (Å²) in [5.41, 5.74) is 0.879. The third-order valence-electron chi connectivity index (χ3n) is 5.33. The molecule has 2 aromatic carbocycles. The number of hydrogen-bond donors (Lipinski definition) is 0. The maximum absolute atomic E-state index is 14.1. The molecular formula is C21H26FN3O5S. The van der Waals surface area contributed by atoms with E-state index in [0.717, 1.165) is 10.6 Å². The molecule has 0 bridgehead atoms. The minimum Gasteiger partial charge on any atom is -0.493 e. The maximum atomic E-state index is 14.1. The predicted molar refractivity (Wildman–Crippen MR) is 117 cm³/mol. The van der Waals surface area contributed by atoms with Crippen LogP contribution in [0.15, 0.2) is 36.4 Å². The molecule has 8 nitrogen and oxygen atoms in total. The van der Waals surface area contributed by atoms with Crippen molar-refractivity contribution in [3.63, 3.8) is 0 Å². The average Bonchev–Trinajstić information content (AvgIpc) is 2.77. The first-order valence-electron chi connectivity index (χ1n) is 9.66. The van der Waals surface area contributed by atoms with Crippen LogP contribution in [0.4, 0.5) is 15.8 Å². The summed E-state index contributed by atoms with van der Waals surface area (Å²) >= 11 is 0. The van der Waals surface area contributed by atoms with Gasteiger partial charge in [-0.05, 0) is 18.2 Å². The van der Waals surface area contributed by atoms with E-state index in [1.165, 1.54) is 39.5 Å². The van der Waals surface area contributed by atoms with E-state index in [0.29, 0.717) is 43.4 Å². The number of amides is 1. The van der Waals surface area contributed by atoms with Gasteiger partial charge in [0.25, 0.3) is 5.91 Å². The van der Waals surface area contributed by atoms with Gasteiger partial charge >= 0.3 is 0 Å². The van der Waals surface area contributed by atoms with Gasteiger partial charge in [0.15, 0.2) is 11.5 Å². The van der Waals surface area contributed by atoms with Crippen molar-refractivity contribution >= 4 is 27.3 Å². The zero-order valence-electron chi connectivity index (χ0n) is 18.0. The Labute approximate surface area is 181 Å². The van der Waals surface area contributed by atoms with E-state index >= 15 is 0 Å². The first-order chi connectivity index (χ1) is 14.7. The number of nitrogens with zero attached hydrogens (tertiary/aromatic N) is 3. The number of ether oxygens (including phenoxy) is 2. The van der Waals surface area contributed by atoms with Crippen molar-refractivity contribution in [3.05, 3.63) is 47.8 Å². The van der Waals surface area contributed by atoms with Crippen LogP contribution in [0, 0.1) is 5.82 Å². The van der Waals surface area contributed by atoms with E-state index in [2.05, 4.69) is 0 Å². The molecule has 0 aliphatic carbocycles. The standard InChI is InChI=1S/C21H26FN3O5S/c1-23(31(4,27)28)18-14-20(30-3)19(29-2)13-15(18)21(26)25-11-9-24(10-12-25)17-8-6-5-7-16(17)22/h5-8,13-14H,9-12H2,1-4H3. The Morgan fingerprint density at radius 3 is 2.16 bits per heavy atom. The van der Waals surface area contributed by atoms with Crippen molar-refractivity contribution in [2.24, 2.45) is 0 Å². The number of halogens is 1. The molecule has 168 valence electrons. The summed E-state index contributed by atoms with van der Waals surface area (Å²) in [4.78, 5) is 16.9. The normalized spacial score (nSPS) is 14.4. The number of para-hydroxylation sites is 1. The van der Waals surface area contributed by atoms with Crippen molar-refractivity contribution in [2.75, 3.05) is 62.9 Å². The van der Waals surface area contributed by atoms with Crippen molar-refractivity contribution in [1.82, 2.24) is 4.90 Å². The van der Waals surface area contributed by atoms with Gasteiger partial charge in [-0.2, -0.15) is 0 Å². The van der Waals surface area contributed by atoms with Gasteiger partial charge in [-0.1, -0.05) is 12.1 Å². The predicted octanol–water partition coefficient (Wildman–Crippen LogP) is 2.20. The second kappa shape index (κ2) is 9.01. The van der Waals surface area contributed by atoms with Crippen LogP contribution in [0.2, 0.25) is 0 Å². The molecule has 0 atom stereocenters. The Morgan fingerprint density at radius 1 is 1.03 bits per heavy atom. The van der Waals surface area contributed by atoms with Crippen LogP contribution in [-0.2, 0) is 10.0 Å². The minimum atomic E-state index is -3.62. The minimum absolute atomic E-state index is 0.185. The number of hydrogen-bond acceptors (Lipinski definition) is 6. The summed E-state index contributed by atoms with van der Waals surface area (Å²) in [6.07, 6.45) is 1.06. The van der Waals surface area contributed by atoms with Gasteiger partial charge < -0.3 is 19.3 Å². The molecule has 0 aromatic heterocycles. The lowest BCUT2D eigenvalue weighted by Gasteiger charge is -2.36.